The summed E-state index contributed by atoms with van der Waals surface area (Å²) < 4.78 is 7.15. The van der Waals surface area contributed by atoms with Gasteiger partial charge in [0.05, 0.1) is 30.2 Å². The van der Waals surface area contributed by atoms with Crippen molar-refractivity contribution in [3.8, 4) is 22.7 Å². The van der Waals surface area contributed by atoms with Gasteiger partial charge in [-0.05, 0) is 66.9 Å². The number of hydrazine groups is 1. The molecular formula is C36H38N8O2. The van der Waals surface area contributed by atoms with Crippen molar-refractivity contribution in [2.45, 2.75) is 32.7 Å². The maximum atomic E-state index is 12.0. The predicted molar refractivity (Wildman–Crippen MR) is 182 cm³/mol. The van der Waals surface area contributed by atoms with E-state index in [-0.39, 0.29) is 6.04 Å². The highest BCUT2D eigenvalue weighted by Crippen LogP contribution is 2.37. The van der Waals surface area contributed by atoms with Crippen LogP contribution in [0.1, 0.15) is 47.2 Å². The molecule has 5 aromatic rings. The molecule has 0 spiro atoms. The van der Waals surface area contributed by atoms with Crippen LogP contribution in [0.15, 0.2) is 120 Å². The number of para-hydroxylation sites is 1. The second kappa shape index (κ2) is 14.8. The van der Waals surface area contributed by atoms with Gasteiger partial charge < -0.3 is 16.0 Å². The van der Waals surface area contributed by atoms with Gasteiger partial charge in [0.15, 0.2) is 5.84 Å². The van der Waals surface area contributed by atoms with Gasteiger partial charge in [-0.25, -0.2) is 15.5 Å². The molecule has 0 radical (unpaired) electrons. The van der Waals surface area contributed by atoms with Crippen LogP contribution in [0.25, 0.3) is 16.9 Å². The summed E-state index contributed by atoms with van der Waals surface area (Å²) >= 11 is 0. The molecule has 0 saturated carbocycles. The Morgan fingerprint density at radius 1 is 1.00 bits per heavy atom. The summed E-state index contributed by atoms with van der Waals surface area (Å²) in [5, 5.41) is 14.6. The van der Waals surface area contributed by atoms with Crippen molar-refractivity contribution in [3.05, 3.63) is 137 Å². The Bertz CT molecular complexity index is 1810. The molecular weight excluding hydrogens is 576 g/mol. The number of aryl methyl sites for hydroxylation is 2. The van der Waals surface area contributed by atoms with Gasteiger partial charge in [-0.3, -0.25) is 4.79 Å². The number of hydrazone groups is 2. The summed E-state index contributed by atoms with van der Waals surface area (Å²) in [6.07, 6.45) is 4.40. The molecule has 5 N–H and O–H groups in total. The molecule has 1 amide bonds. The summed E-state index contributed by atoms with van der Waals surface area (Å²) in [5.41, 5.74) is 11.4. The summed E-state index contributed by atoms with van der Waals surface area (Å²) in [4.78, 5) is 12.0. The summed E-state index contributed by atoms with van der Waals surface area (Å²) in [6, 6.07) is 33.7. The number of benzene rings is 4. The molecule has 0 saturated heterocycles. The molecule has 1 aromatic heterocycles. The Labute approximate surface area is 269 Å². The highest BCUT2D eigenvalue weighted by Gasteiger charge is 2.32. The van der Waals surface area contributed by atoms with Gasteiger partial charge in [0.1, 0.15) is 5.75 Å². The third-order valence-corrected chi connectivity index (χ3v) is 7.79. The quantitative estimate of drug-likeness (QED) is 0.0695. The lowest BCUT2D eigenvalue weighted by Gasteiger charge is -2.17. The van der Waals surface area contributed by atoms with E-state index in [1.807, 2.05) is 96.7 Å². The first-order chi connectivity index (χ1) is 22.5. The molecule has 46 heavy (non-hydrogen) atoms. The minimum atomic E-state index is -0.243. The molecule has 1 atom stereocenters. The SMILES string of the molecule is CCc1ccc(-c2nn(-c3ccccc3)cc2C2CC(c3ccc(OC)cc3)=NN2C=O)cc1.Cc1cccc(/C(=N/N)NN)c1. The van der Waals surface area contributed by atoms with Crippen LogP contribution in [0.2, 0.25) is 0 Å². The Morgan fingerprint density at radius 3 is 2.33 bits per heavy atom. The predicted octanol–water partition coefficient (Wildman–Crippen LogP) is 5.50. The van der Waals surface area contributed by atoms with Gasteiger partial charge in [0.2, 0.25) is 6.41 Å². The number of hydrogen-bond donors (Lipinski definition) is 3. The number of nitrogens with zero attached hydrogens (tertiary/aromatic N) is 5. The van der Waals surface area contributed by atoms with Gasteiger partial charge in [-0.15, -0.1) is 0 Å². The molecule has 1 unspecified atom stereocenters. The van der Waals surface area contributed by atoms with E-state index in [4.69, 9.17) is 21.5 Å². The fraction of sp³-hybridized carbons (Fsp3) is 0.167. The molecule has 0 bridgehead atoms. The molecule has 1 aliphatic rings. The number of carbonyl (C=O) groups is 1. The second-order valence-electron chi connectivity index (χ2n) is 10.7. The van der Waals surface area contributed by atoms with E-state index in [1.54, 1.807) is 7.11 Å². The summed E-state index contributed by atoms with van der Waals surface area (Å²) in [6.45, 7) is 4.14. The maximum Gasteiger partial charge on any atom is 0.230 e. The highest BCUT2D eigenvalue weighted by atomic mass is 16.5. The van der Waals surface area contributed by atoms with Crippen molar-refractivity contribution in [3.63, 3.8) is 0 Å². The minimum absolute atomic E-state index is 0.243. The van der Waals surface area contributed by atoms with E-state index in [1.165, 1.54) is 10.6 Å². The minimum Gasteiger partial charge on any atom is -0.497 e. The van der Waals surface area contributed by atoms with Gasteiger partial charge in [-0.1, -0.05) is 73.2 Å². The van der Waals surface area contributed by atoms with Gasteiger partial charge in [0, 0.05) is 29.3 Å². The molecule has 6 rings (SSSR count). The van der Waals surface area contributed by atoms with Crippen molar-refractivity contribution < 1.29 is 9.53 Å². The number of amides is 1. The Kier molecular flexibility index (Phi) is 10.2. The second-order valence-corrected chi connectivity index (χ2v) is 10.7. The van der Waals surface area contributed by atoms with E-state index in [0.29, 0.717) is 12.3 Å². The fourth-order valence-corrected chi connectivity index (χ4v) is 5.29. The molecule has 10 nitrogen and oxygen atoms in total. The van der Waals surface area contributed by atoms with Gasteiger partial charge in [0.25, 0.3) is 0 Å². The zero-order valence-corrected chi connectivity index (χ0v) is 26.2. The molecule has 0 aliphatic carbocycles. The average molecular weight is 615 g/mol. The number of nitrogens with one attached hydrogen (secondary N) is 1. The monoisotopic (exact) mass is 614 g/mol. The van der Waals surface area contributed by atoms with Crippen molar-refractivity contribution >= 4 is 18.0 Å². The summed E-state index contributed by atoms with van der Waals surface area (Å²) in [7, 11) is 1.64. The lowest BCUT2D eigenvalue weighted by Crippen LogP contribution is -2.32. The number of aromatic nitrogens is 2. The van der Waals surface area contributed by atoms with Crippen LogP contribution in [-0.2, 0) is 11.2 Å². The van der Waals surface area contributed by atoms with Crippen LogP contribution in [0, 0.1) is 6.92 Å². The van der Waals surface area contributed by atoms with E-state index < -0.39 is 0 Å². The van der Waals surface area contributed by atoms with Gasteiger partial charge >= 0.3 is 0 Å². The topological polar surface area (TPSA) is 136 Å². The van der Waals surface area contributed by atoms with E-state index in [9.17, 15) is 4.79 Å². The third kappa shape index (κ3) is 7.14. The molecule has 2 heterocycles. The fourth-order valence-electron chi connectivity index (χ4n) is 5.29. The smallest absolute Gasteiger partial charge is 0.230 e. The van der Waals surface area contributed by atoms with Crippen LogP contribution in [0.5, 0.6) is 5.75 Å². The normalized spacial score (nSPS) is 14.3. The number of amidine groups is 1. The Hall–Kier alpha value is -5.74. The van der Waals surface area contributed by atoms with E-state index in [2.05, 4.69) is 46.8 Å². The first-order valence-electron chi connectivity index (χ1n) is 15.0. The van der Waals surface area contributed by atoms with Crippen LogP contribution in [0.4, 0.5) is 0 Å². The number of carbonyl (C=O) groups excluding carboxylic acids is 1. The number of hydrogen-bond acceptors (Lipinski definition) is 7. The van der Waals surface area contributed by atoms with Crippen LogP contribution < -0.4 is 21.8 Å². The number of nitrogens with two attached hydrogens (primary N) is 2. The van der Waals surface area contributed by atoms with E-state index >= 15 is 0 Å². The molecule has 0 fully saturated rings. The van der Waals surface area contributed by atoms with Crippen molar-refractivity contribution in [1.82, 2.24) is 20.2 Å². The van der Waals surface area contributed by atoms with Crippen molar-refractivity contribution in [2.24, 2.45) is 21.9 Å². The largest absolute Gasteiger partial charge is 0.497 e. The maximum absolute atomic E-state index is 12.0. The molecule has 1 aliphatic heterocycles. The van der Waals surface area contributed by atoms with Crippen LogP contribution in [0.3, 0.4) is 0 Å². The first kappa shape index (κ1) is 31.7. The number of ether oxygens (including phenoxy) is 1. The molecule has 4 aromatic carbocycles. The molecule has 234 valence electrons. The number of methoxy groups -OCH3 is 1. The van der Waals surface area contributed by atoms with Gasteiger partial charge in [-0.2, -0.15) is 15.3 Å². The summed E-state index contributed by atoms with van der Waals surface area (Å²) in [5.74, 6) is 11.6. The van der Waals surface area contributed by atoms with Crippen LogP contribution >= 0.6 is 0 Å². The zero-order valence-electron chi connectivity index (χ0n) is 26.2. The standard InChI is InChI=1S/C28H26N4O2.C8H12N4/c1-3-20-9-11-22(12-10-20)28-25(18-31(30-28)23-7-5-4-6-8-23)27-17-26(29-32(27)19-33)21-13-15-24(34-2)16-14-21;1-6-3-2-4-7(5-6)8(11-9)12-10/h4-16,18-19,27H,3,17H2,1-2H3;2-5H,9-10H2,1H3,(H,11,12). The molecule has 10 heteroatoms. The first-order valence-corrected chi connectivity index (χ1v) is 15.0. The van der Waals surface area contributed by atoms with E-state index in [0.717, 1.165) is 63.5 Å². The Balaban J connectivity index is 0.000000293. The average Bonchev–Trinajstić information content (AvgIpc) is 3.75. The lowest BCUT2D eigenvalue weighted by atomic mass is 9.96. The lowest BCUT2D eigenvalue weighted by molar-refractivity contribution is -0.119. The van der Waals surface area contributed by atoms with Crippen LogP contribution in [-0.4, -0.2) is 39.9 Å². The third-order valence-electron chi connectivity index (χ3n) is 7.79. The highest BCUT2D eigenvalue weighted by molar-refractivity contribution is 6.02. The Morgan fingerprint density at radius 2 is 1.72 bits per heavy atom. The number of rotatable bonds is 8. The van der Waals surface area contributed by atoms with Crippen molar-refractivity contribution in [1.29, 1.82) is 0 Å². The zero-order chi connectivity index (χ0) is 32.5. The van der Waals surface area contributed by atoms with Crippen molar-refractivity contribution in [2.75, 3.05) is 7.11 Å².